The van der Waals surface area contributed by atoms with Crippen LogP contribution in [0.4, 0.5) is 0 Å². The standard InChI is InChI=1S/C57H39N/c1-57(2)50-27-15-13-26-46(50)56-42-23-10-9-21-40(42)49(35-51(56)57)55-44-25-12-11-24-43(44)54(36-17-5-3-6-18-36)45-31-29-37(34-48(45)55)38-30-32-53-47(33-38)41-22-14-16-28-52(41)58(53)39-19-7-4-8-20-39/h3-35H,1-2H3. The second kappa shape index (κ2) is 12.4. The molecule has 1 heterocycles. The largest absolute Gasteiger partial charge is 0.309 e. The Bertz CT molecular complexity index is 3460. The van der Waals surface area contributed by atoms with Gasteiger partial charge in [0.25, 0.3) is 0 Å². The van der Waals surface area contributed by atoms with Crippen LogP contribution in [0.25, 0.3) is 104 Å². The van der Waals surface area contributed by atoms with Gasteiger partial charge < -0.3 is 4.57 Å². The van der Waals surface area contributed by atoms with Gasteiger partial charge in [-0.1, -0.05) is 172 Å². The molecule has 0 aliphatic heterocycles. The Kier molecular flexibility index (Phi) is 7.04. The molecule has 1 aromatic heterocycles. The maximum absolute atomic E-state index is 2.54. The van der Waals surface area contributed by atoms with Crippen molar-refractivity contribution in [2.24, 2.45) is 0 Å². The highest BCUT2D eigenvalue weighted by Gasteiger charge is 2.37. The molecule has 0 amide bonds. The third-order valence-electron chi connectivity index (χ3n) is 13.0. The zero-order chi connectivity index (χ0) is 38.5. The average Bonchev–Trinajstić information content (AvgIpc) is 3.73. The molecule has 0 bridgehead atoms. The number of nitrogens with zero attached hydrogens (tertiary/aromatic N) is 1. The molecule has 0 atom stereocenters. The summed E-state index contributed by atoms with van der Waals surface area (Å²) in [6.07, 6.45) is 0. The normalized spacial score (nSPS) is 13.1. The van der Waals surface area contributed by atoms with Crippen LogP contribution < -0.4 is 0 Å². The predicted molar refractivity (Wildman–Crippen MR) is 247 cm³/mol. The summed E-state index contributed by atoms with van der Waals surface area (Å²) in [6, 6.07) is 74.4. The van der Waals surface area contributed by atoms with Crippen LogP contribution in [0.2, 0.25) is 0 Å². The lowest BCUT2D eigenvalue weighted by Crippen LogP contribution is -2.15. The topological polar surface area (TPSA) is 4.93 Å². The van der Waals surface area contributed by atoms with Gasteiger partial charge in [-0.3, -0.25) is 0 Å². The van der Waals surface area contributed by atoms with Gasteiger partial charge in [-0.05, 0) is 130 Å². The lowest BCUT2D eigenvalue weighted by Gasteiger charge is -2.24. The van der Waals surface area contributed by atoms with Crippen LogP contribution in [-0.4, -0.2) is 4.57 Å². The second-order valence-electron chi connectivity index (χ2n) is 16.4. The van der Waals surface area contributed by atoms with Gasteiger partial charge >= 0.3 is 0 Å². The number of hydrogen-bond acceptors (Lipinski definition) is 0. The van der Waals surface area contributed by atoms with E-state index in [-0.39, 0.29) is 5.41 Å². The van der Waals surface area contributed by atoms with Gasteiger partial charge in [-0.2, -0.15) is 0 Å². The van der Waals surface area contributed by atoms with Gasteiger partial charge in [-0.15, -0.1) is 0 Å². The van der Waals surface area contributed by atoms with Crippen molar-refractivity contribution in [1.82, 2.24) is 4.57 Å². The molecule has 0 saturated heterocycles. The minimum absolute atomic E-state index is 0.139. The summed E-state index contributed by atoms with van der Waals surface area (Å²) in [5.74, 6) is 0. The number of hydrogen-bond donors (Lipinski definition) is 0. The minimum Gasteiger partial charge on any atom is -0.309 e. The lowest BCUT2D eigenvalue weighted by molar-refractivity contribution is 0.661. The maximum Gasteiger partial charge on any atom is 0.0541 e. The molecule has 0 saturated carbocycles. The van der Waals surface area contributed by atoms with E-state index in [1.54, 1.807) is 0 Å². The van der Waals surface area contributed by atoms with Crippen molar-refractivity contribution in [1.29, 1.82) is 0 Å². The fourth-order valence-corrected chi connectivity index (χ4v) is 10.3. The fraction of sp³-hybridized carbons (Fsp3) is 0.0526. The van der Waals surface area contributed by atoms with Crippen molar-refractivity contribution in [3.8, 4) is 50.2 Å². The maximum atomic E-state index is 2.54. The van der Waals surface area contributed by atoms with Crippen LogP contribution in [0, 0.1) is 0 Å². The van der Waals surface area contributed by atoms with E-state index in [1.807, 2.05) is 0 Å². The minimum atomic E-state index is -0.139. The Hall–Kier alpha value is -7.22. The molecule has 11 aromatic rings. The molecule has 1 nitrogen and oxygen atoms in total. The highest BCUT2D eigenvalue weighted by molar-refractivity contribution is 6.25. The molecule has 0 spiro atoms. The number of aromatic nitrogens is 1. The molecule has 0 unspecified atom stereocenters. The SMILES string of the molecule is CC1(C)c2ccccc2-c2c1cc(-c1c3ccccc3c(-c3ccccc3)c3ccc(-c4ccc5c(c4)c4ccccc4n5-c4ccccc4)cc13)c1ccccc21. The molecule has 58 heavy (non-hydrogen) atoms. The zero-order valence-electron chi connectivity index (χ0n) is 32.5. The molecule has 0 N–H and O–H groups in total. The molecular weight excluding hydrogens is 699 g/mol. The Morgan fingerprint density at radius 2 is 0.845 bits per heavy atom. The van der Waals surface area contributed by atoms with Gasteiger partial charge in [0.1, 0.15) is 0 Å². The molecule has 1 aliphatic rings. The summed E-state index contributed by atoms with van der Waals surface area (Å²) in [6.45, 7) is 4.79. The van der Waals surface area contributed by atoms with Crippen LogP contribution in [0.15, 0.2) is 200 Å². The highest BCUT2D eigenvalue weighted by Crippen LogP contribution is 2.55. The molecule has 12 rings (SSSR count). The van der Waals surface area contributed by atoms with E-state index >= 15 is 0 Å². The number of fused-ring (bicyclic) bond motifs is 10. The summed E-state index contributed by atoms with van der Waals surface area (Å²) in [4.78, 5) is 0. The first-order valence-electron chi connectivity index (χ1n) is 20.4. The van der Waals surface area contributed by atoms with E-state index in [0.717, 1.165) is 0 Å². The van der Waals surface area contributed by atoms with Crippen LogP contribution in [0.3, 0.4) is 0 Å². The van der Waals surface area contributed by atoms with Gasteiger partial charge in [-0.25, -0.2) is 0 Å². The summed E-state index contributed by atoms with van der Waals surface area (Å²) >= 11 is 0. The molecule has 1 heteroatoms. The van der Waals surface area contributed by atoms with Crippen molar-refractivity contribution in [2.45, 2.75) is 19.3 Å². The quantitative estimate of drug-likeness (QED) is 0.159. The first-order chi connectivity index (χ1) is 28.6. The van der Waals surface area contributed by atoms with Crippen molar-refractivity contribution < 1.29 is 0 Å². The van der Waals surface area contributed by atoms with Crippen LogP contribution in [-0.2, 0) is 5.41 Å². The van der Waals surface area contributed by atoms with Crippen molar-refractivity contribution in [3.05, 3.63) is 211 Å². The zero-order valence-corrected chi connectivity index (χ0v) is 32.5. The van der Waals surface area contributed by atoms with E-state index < -0.39 is 0 Å². The molecular formula is C57H39N. The summed E-state index contributed by atoms with van der Waals surface area (Å²) in [7, 11) is 0. The highest BCUT2D eigenvalue weighted by atomic mass is 15.0. The molecule has 0 radical (unpaired) electrons. The third kappa shape index (κ3) is 4.65. The first kappa shape index (κ1) is 33.0. The summed E-state index contributed by atoms with van der Waals surface area (Å²) < 4.78 is 2.39. The van der Waals surface area contributed by atoms with Crippen LogP contribution >= 0.6 is 0 Å². The summed E-state index contributed by atoms with van der Waals surface area (Å²) in [5.41, 5.74) is 16.5. The molecule has 272 valence electrons. The Morgan fingerprint density at radius 3 is 1.60 bits per heavy atom. The lowest BCUT2D eigenvalue weighted by atomic mass is 9.78. The van der Waals surface area contributed by atoms with E-state index in [2.05, 4.69) is 219 Å². The molecule has 0 fully saturated rings. The van der Waals surface area contributed by atoms with E-state index in [1.165, 1.54) is 115 Å². The van der Waals surface area contributed by atoms with Gasteiger partial charge in [0.05, 0.1) is 11.0 Å². The van der Waals surface area contributed by atoms with E-state index in [0.29, 0.717) is 0 Å². The van der Waals surface area contributed by atoms with Crippen molar-refractivity contribution in [3.63, 3.8) is 0 Å². The molecule has 1 aliphatic carbocycles. The molecule has 10 aromatic carbocycles. The van der Waals surface area contributed by atoms with Crippen LogP contribution in [0.1, 0.15) is 25.0 Å². The Labute approximate surface area is 338 Å². The van der Waals surface area contributed by atoms with Gasteiger partial charge in [0.2, 0.25) is 0 Å². The smallest absolute Gasteiger partial charge is 0.0541 e. The van der Waals surface area contributed by atoms with Crippen LogP contribution in [0.5, 0.6) is 0 Å². The number of benzene rings is 10. The number of para-hydroxylation sites is 2. The third-order valence-corrected chi connectivity index (χ3v) is 13.0. The van der Waals surface area contributed by atoms with Gasteiger partial charge in [0.15, 0.2) is 0 Å². The van der Waals surface area contributed by atoms with Crippen molar-refractivity contribution in [2.75, 3.05) is 0 Å². The summed E-state index contributed by atoms with van der Waals surface area (Å²) in [5, 5.41) is 10.2. The number of rotatable bonds is 4. The van der Waals surface area contributed by atoms with E-state index in [9.17, 15) is 0 Å². The van der Waals surface area contributed by atoms with Gasteiger partial charge in [0, 0.05) is 21.9 Å². The predicted octanol–water partition coefficient (Wildman–Crippen LogP) is 15.6. The fourth-order valence-electron chi connectivity index (χ4n) is 10.3. The average molecular weight is 738 g/mol. The van der Waals surface area contributed by atoms with E-state index in [4.69, 9.17) is 0 Å². The Balaban J connectivity index is 1.18. The monoisotopic (exact) mass is 737 g/mol. The first-order valence-corrected chi connectivity index (χ1v) is 20.4. The second-order valence-corrected chi connectivity index (χ2v) is 16.4. The van der Waals surface area contributed by atoms with Crippen molar-refractivity contribution >= 4 is 54.1 Å². The Morgan fingerprint density at radius 1 is 0.310 bits per heavy atom.